The van der Waals surface area contributed by atoms with Gasteiger partial charge in [0.15, 0.2) is 0 Å². The highest BCUT2D eigenvalue weighted by Gasteiger charge is 2.33. The van der Waals surface area contributed by atoms with E-state index in [1.165, 1.54) is 12.1 Å². The van der Waals surface area contributed by atoms with E-state index < -0.39 is 0 Å². The van der Waals surface area contributed by atoms with Crippen LogP contribution in [0.4, 0.5) is 21.5 Å². The molecule has 1 aromatic heterocycles. The predicted molar refractivity (Wildman–Crippen MR) is 155 cm³/mol. The fourth-order valence-electron chi connectivity index (χ4n) is 4.77. The molecule has 2 N–H and O–H groups in total. The minimum absolute atomic E-state index is 0.0467. The Bertz CT molecular complexity index is 1460. The molecule has 206 valence electrons. The SMILES string of the molecule is C=CC(=O)Nc1cc(C(=NC)Nc2ccnc(-c3ccccc3F)c2)c(N=C)cc1O[C@@H]1CCN(C2COC2)C1. The summed E-state index contributed by atoms with van der Waals surface area (Å²) in [4.78, 5) is 27.7. The molecule has 3 heterocycles. The molecule has 5 rings (SSSR count). The number of amidine groups is 1. The van der Waals surface area contributed by atoms with E-state index in [4.69, 9.17) is 9.47 Å². The van der Waals surface area contributed by atoms with Crippen LogP contribution in [0.25, 0.3) is 11.3 Å². The van der Waals surface area contributed by atoms with E-state index in [0.29, 0.717) is 51.5 Å². The number of carbonyl (C=O) groups excluding carboxylic acids is 1. The molecule has 2 aliphatic rings. The molecule has 1 amide bonds. The van der Waals surface area contributed by atoms with Crippen LogP contribution in [0.15, 0.2) is 77.4 Å². The van der Waals surface area contributed by atoms with Crippen molar-refractivity contribution < 1.29 is 18.7 Å². The number of pyridine rings is 1. The molecule has 0 aliphatic carbocycles. The summed E-state index contributed by atoms with van der Waals surface area (Å²) in [5.41, 5.74) is 3.08. The number of likely N-dealkylation sites (tertiary alicyclic amines) is 1. The molecule has 2 aromatic carbocycles. The topological polar surface area (TPSA) is 100 Å². The number of anilines is 2. The largest absolute Gasteiger partial charge is 0.487 e. The third-order valence-corrected chi connectivity index (χ3v) is 6.97. The van der Waals surface area contributed by atoms with Gasteiger partial charge < -0.3 is 20.1 Å². The van der Waals surface area contributed by atoms with Gasteiger partial charge in [0.25, 0.3) is 0 Å². The number of hydrogen-bond donors (Lipinski definition) is 2. The zero-order valence-corrected chi connectivity index (χ0v) is 22.3. The van der Waals surface area contributed by atoms with Gasteiger partial charge in [-0.15, -0.1) is 0 Å². The molecule has 3 aromatic rings. The van der Waals surface area contributed by atoms with Crippen LogP contribution in [0.5, 0.6) is 5.75 Å². The smallest absolute Gasteiger partial charge is 0.247 e. The quantitative estimate of drug-likeness (QED) is 0.231. The predicted octanol–water partition coefficient (Wildman–Crippen LogP) is 4.68. The fraction of sp³-hybridized carbons (Fsp3) is 0.267. The second-order valence-electron chi connectivity index (χ2n) is 9.54. The van der Waals surface area contributed by atoms with Gasteiger partial charge in [0.2, 0.25) is 5.91 Å². The maximum absolute atomic E-state index is 14.4. The third kappa shape index (κ3) is 5.93. The summed E-state index contributed by atoms with van der Waals surface area (Å²) in [6.45, 7) is 10.5. The number of halogens is 1. The second kappa shape index (κ2) is 12.2. The zero-order valence-electron chi connectivity index (χ0n) is 22.3. The Labute approximate surface area is 232 Å². The number of aromatic nitrogens is 1. The number of aliphatic imine (C=N–C) groups is 2. The second-order valence-corrected chi connectivity index (χ2v) is 9.54. The molecule has 40 heavy (non-hydrogen) atoms. The van der Waals surface area contributed by atoms with E-state index in [0.717, 1.165) is 32.7 Å². The number of carbonyl (C=O) groups is 1. The first-order valence-corrected chi connectivity index (χ1v) is 13.0. The van der Waals surface area contributed by atoms with E-state index in [9.17, 15) is 9.18 Å². The van der Waals surface area contributed by atoms with Gasteiger partial charge in [0.1, 0.15) is 23.5 Å². The fourth-order valence-corrected chi connectivity index (χ4v) is 4.77. The van der Waals surface area contributed by atoms with Crippen molar-refractivity contribution in [1.29, 1.82) is 0 Å². The number of ether oxygens (including phenoxy) is 2. The van der Waals surface area contributed by atoms with Crippen LogP contribution in [0.3, 0.4) is 0 Å². The van der Waals surface area contributed by atoms with Crippen molar-refractivity contribution in [2.75, 3.05) is 44.0 Å². The first-order valence-electron chi connectivity index (χ1n) is 13.0. The monoisotopic (exact) mass is 542 g/mol. The average molecular weight is 543 g/mol. The molecule has 10 heteroatoms. The number of benzene rings is 2. The lowest BCUT2D eigenvalue weighted by Crippen LogP contribution is -2.48. The Morgan fingerprint density at radius 1 is 1.23 bits per heavy atom. The summed E-state index contributed by atoms with van der Waals surface area (Å²) in [5, 5.41) is 6.12. The van der Waals surface area contributed by atoms with Crippen LogP contribution in [0.2, 0.25) is 0 Å². The number of nitrogens with one attached hydrogen (secondary N) is 2. The van der Waals surface area contributed by atoms with Gasteiger partial charge in [-0.2, -0.15) is 0 Å². The van der Waals surface area contributed by atoms with E-state index in [1.54, 1.807) is 55.7 Å². The Morgan fingerprint density at radius 3 is 2.75 bits per heavy atom. The van der Waals surface area contributed by atoms with Gasteiger partial charge in [-0.3, -0.25) is 24.7 Å². The van der Waals surface area contributed by atoms with Crippen molar-refractivity contribution in [3.05, 3.63) is 78.8 Å². The molecule has 0 saturated carbocycles. The normalized spacial score (nSPS) is 17.6. The van der Waals surface area contributed by atoms with E-state index >= 15 is 0 Å². The summed E-state index contributed by atoms with van der Waals surface area (Å²) in [5.74, 6) is 0.214. The molecule has 1 atom stereocenters. The standard InChI is InChI=1S/C30H31FN6O3/c1-4-29(38)36-27-14-23(25(32-2)15-28(27)40-21-10-12-37(16-21)20-17-39-18-20)30(33-3)35-19-9-11-34-26(13-19)22-7-5-6-8-24(22)31/h4-9,11,13-15,20-21H,1-2,10,12,16-18H2,3H3,(H,36,38)(H,33,34,35)/t21-/m1/s1. The Kier molecular flexibility index (Phi) is 8.28. The summed E-state index contributed by atoms with van der Waals surface area (Å²) >= 11 is 0. The summed E-state index contributed by atoms with van der Waals surface area (Å²) in [6.07, 6.45) is 3.61. The van der Waals surface area contributed by atoms with Gasteiger partial charge in [0, 0.05) is 49.2 Å². The number of hydrogen-bond acceptors (Lipinski definition) is 7. The molecule has 2 saturated heterocycles. The van der Waals surface area contributed by atoms with Crippen molar-refractivity contribution in [2.45, 2.75) is 18.6 Å². The van der Waals surface area contributed by atoms with Crippen LogP contribution in [-0.4, -0.2) is 73.8 Å². The summed E-state index contributed by atoms with van der Waals surface area (Å²) < 4.78 is 26.1. The lowest BCUT2D eigenvalue weighted by molar-refractivity contribution is -0.111. The Balaban J connectivity index is 1.43. The third-order valence-electron chi connectivity index (χ3n) is 6.97. The van der Waals surface area contributed by atoms with Gasteiger partial charge in [-0.05, 0) is 49.5 Å². The van der Waals surface area contributed by atoms with Gasteiger partial charge >= 0.3 is 0 Å². The summed E-state index contributed by atoms with van der Waals surface area (Å²) in [7, 11) is 1.64. The van der Waals surface area contributed by atoms with Crippen molar-refractivity contribution in [3.8, 4) is 17.0 Å². The van der Waals surface area contributed by atoms with E-state index in [1.807, 2.05) is 0 Å². The van der Waals surface area contributed by atoms with Crippen molar-refractivity contribution in [3.63, 3.8) is 0 Å². The molecule has 0 spiro atoms. The van der Waals surface area contributed by atoms with Crippen molar-refractivity contribution >= 4 is 35.5 Å². The minimum atomic E-state index is -0.374. The first-order chi connectivity index (χ1) is 19.5. The molecule has 2 aliphatic heterocycles. The highest BCUT2D eigenvalue weighted by molar-refractivity contribution is 6.13. The number of nitrogens with zero attached hydrogens (tertiary/aromatic N) is 4. The molecular weight excluding hydrogens is 511 g/mol. The van der Waals surface area contributed by atoms with Crippen LogP contribution in [-0.2, 0) is 9.53 Å². The van der Waals surface area contributed by atoms with Crippen molar-refractivity contribution in [2.24, 2.45) is 9.98 Å². The Hall–Kier alpha value is -4.41. The molecule has 0 unspecified atom stereocenters. The minimum Gasteiger partial charge on any atom is -0.487 e. The molecule has 0 radical (unpaired) electrons. The van der Waals surface area contributed by atoms with Gasteiger partial charge in [0.05, 0.1) is 36.3 Å². The molecular formula is C30H31FN6O3. The van der Waals surface area contributed by atoms with E-state index in [-0.39, 0.29) is 17.8 Å². The highest BCUT2D eigenvalue weighted by atomic mass is 19.1. The zero-order chi connectivity index (χ0) is 28.1. The Morgan fingerprint density at radius 2 is 2.05 bits per heavy atom. The van der Waals surface area contributed by atoms with Crippen LogP contribution in [0.1, 0.15) is 12.0 Å². The maximum atomic E-state index is 14.4. The molecule has 9 nitrogen and oxygen atoms in total. The lowest BCUT2D eigenvalue weighted by atomic mass is 10.1. The maximum Gasteiger partial charge on any atom is 0.247 e. The summed E-state index contributed by atoms with van der Waals surface area (Å²) in [6, 6.07) is 13.9. The van der Waals surface area contributed by atoms with Crippen LogP contribution in [0, 0.1) is 5.82 Å². The average Bonchev–Trinajstić information content (AvgIpc) is 3.39. The molecule has 0 bridgehead atoms. The first kappa shape index (κ1) is 27.2. The number of rotatable bonds is 9. The number of amides is 1. The van der Waals surface area contributed by atoms with Crippen LogP contribution >= 0.6 is 0 Å². The molecule has 2 fully saturated rings. The van der Waals surface area contributed by atoms with Crippen LogP contribution < -0.4 is 15.4 Å². The van der Waals surface area contributed by atoms with E-state index in [2.05, 4.69) is 43.8 Å². The lowest BCUT2D eigenvalue weighted by Gasteiger charge is -2.34. The highest BCUT2D eigenvalue weighted by Crippen LogP contribution is 2.36. The van der Waals surface area contributed by atoms with Gasteiger partial charge in [-0.25, -0.2) is 4.39 Å². The van der Waals surface area contributed by atoms with Gasteiger partial charge in [-0.1, -0.05) is 18.7 Å². The van der Waals surface area contributed by atoms with Crippen molar-refractivity contribution in [1.82, 2.24) is 9.88 Å².